The number of phenolic OH excluding ortho intramolecular Hbond substituents is 1. The van der Waals surface area contributed by atoms with Crippen molar-refractivity contribution in [2.45, 2.75) is 63.8 Å². The first-order chi connectivity index (χ1) is 23.9. The molecule has 2 aromatic carbocycles. The largest absolute Gasteiger partial charge is 0.508 e. The molecule has 12 heteroatoms. The van der Waals surface area contributed by atoms with E-state index in [1.807, 2.05) is 24.3 Å². The Bertz CT molecular complexity index is 1860. The van der Waals surface area contributed by atoms with E-state index >= 15 is 0 Å². The summed E-state index contributed by atoms with van der Waals surface area (Å²) in [5, 5.41) is 12.7. The van der Waals surface area contributed by atoms with Gasteiger partial charge in [-0.2, -0.15) is 13.2 Å². The van der Waals surface area contributed by atoms with Crippen molar-refractivity contribution in [1.82, 2.24) is 9.88 Å². The van der Waals surface area contributed by atoms with Crippen molar-refractivity contribution >= 4 is 50.5 Å². The maximum absolute atomic E-state index is 13.9. The molecule has 3 saturated carbocycles. The average molecular weight is 805 g/mol. The summed E-state index contributed by atoms with van der Waals surface area (Å²) < 4.78 is 62.9. The third-order valence-electron chi connectivity index (χ3n) is 12.6. The van der Waals surface area contributed by atoms with Crippen LogP contribution in [0.15, 0.2) is 36.4 Å². The van der Waals surface area contributed by atoms with Gasteiger partial charge in [-0.05, 0) is 102 Å². The van der Waals surface area contributed by atoms with E-state index in [0.717, 1.165) is 69.5 Å². The van der Waals surface area contributed by atoms with E-state index in [1.54, 1.807) is 6.07 Å². The number of anilines is 2. The minimum atomic E-state index is -4.82. The number of aromatic nitrogens is 1. The molecule has 1 aromatic heterocycles. The lowest BCUT2D eigenvalue weighted by molar-refractivity contribution is -0.208. The molecule has 3 atom stereocenters. The van der Waals surface area contributed by atoms with Crippen molar-refractivity contribution in [3.63, 3.8) is 0 Å². The zero-order valence-corrected chi connectivity index (χ0v) is 30.0. The van der Waals surface area contributed by atoms with E-state index in [-0.39, 0.29) is 23.0 Å². The Morgan fingerprint density at radius 3 is 2.60 bits per heavy atom. The number of rotatable bonds is 8. The van der Waals surface area contributed by atoms with Crippen LogP contribution in [-0.4, -0.2) is 79.0 Å². The molecule has 8 fully saturated rings. The molecule has 266 valence electrons. The molecule has 0 amide bonds. The van der Waals surface area contributed by atoms with Gasteiger partial charge in [0, 0.05) is 88.6 Å². The number of likely N-dealkylation sites (tertiary alicyclic amines) is 1. The lowest BCUT2D eigenvalue weighted by Crippen LogP contribution is -2.66. The molecule has 1 spiro atoms. The number of Topliss-reactive ketones (excluding diaryl/α,β-unsaturated/α-hetero) is 1. The van der Waals surface area contributed by atoms with Crippen LogP contribution in [0.1, 0.15) is 49.8 Å². The maximum Gasteiger partial charge on any atom is 0.450 e. The van der Waals surface area contributed by atoms with E-state index < -0.39 is 29.5 Å². The van der Waals surface area contributed by atoms with Gasteiger partial charge in [0.2, 0.25) is 11.7 Å². The number of alkyl halides is 4. The first-order valence-electron chi connectivity index (χ1n) is 17.9. The molecule has 7 nitrogen and oxygen atoms in total. The zero-order chi connectivity index (χ0) is 34.6. The van der Waals surface area contributed by atoms with Gasteiger partial charge in [-0.1, -0.05) is 12.1 Å². The van der Waals surface area contributed by atoms with Crippen LogP contribution in [0.5, 0.6) is 11.6 Å². The van der Waals surface area contributed by atoms with Gasteiger partial charge in [0.1, 0.15) is 11.9 Å². The third kappa shape index (κ3) is 5.70. The van der Waals surface area contributed by atoms with E-state index in [9.17, 15) is 27.5 Å². The first-order valence-corrected chi connectivity index (χ1v) is 19.0. The molecule has 50 heavy (non-hydrogen) atoms. The fraction of sp³-hybridized carbons (Fsp3) is 0.579. The number of benzene rings is 2. The van der Waals surface area contributed by atoms with Crippen LogP contribution in [0, 0.1) is 32.2 Å². The van der Waals surface area contributed by atoms with E-state index in [1.165, 1.54) is 0 Å². The van der Waals surface area contributed by atoms with Crippen LogP contribution in [0.25, 0.3) is 10.8 Å². The van der Waals surface area contributed by atoms with Crippen LogP contribution >= 0.6 is 22.6 Å². The number of ketones is 1. The SMILES string of the molecule is O=C(C1C2CN(c3cc(OCC4(CN5CCC(F)C5)CC4)nc4c3CCN(c3cc(O)cc5cccc(I)c35)C4)CC3CC1(C3)C2)C(F)(F)F. The summed E-state index contributed by atoms with van der Waals surface area (Å²) in [5.41, 5.74) is 3.31. The number of aromatic hydroxyl groups is 1. The van der Waals surface area contributed by atoms with Gasteiger partial charge in [0.15, 0.2) is 0 Å². The van der Waals surface area contributed by atoms with E-state index in [2.05, 4.69) is 43.4 Å². The Morgan fingerprint density at radius 2 is 1.86 bits per heavy atom. The summed E-state index contributed by atoms with van der Waals surface area (Å²) in [7, 11) is 0. The van der Waals surface area contributed by atoms with Crippen LogP contribution < -0.4 is 14.5 Å². The van der Waals surface area contributed by atoms with Gasteiger partial charge < -0.3 is 19.6 Å². The summed E-state index contributed by atoms with van der Waals surface area (Å²) >= 11 is 2.33. The molecule has 0 radical (unpaired) electrons. The number of hydrogen-bond acceptors (Lipinski definition) is 7. The van der Waals surface area contributed by atoms with Crippen molar-refractivity contribution in [2.75, 3.05) is 55.7 Å². The number of ether oxygens (including phenoxy) is 1. The molecule has 3 unspecified atom stereocenters. The number of pyridine rings is 1. The molecule has 7 heterocycles. The molecule has 3 aliphatic carbocycles. The fourth-order valence-electron chi connectivity index (χ4n) is 10.3. The Hall–Kier alpha value is -2.87. The third-order valence-corrected chi connectivity index (χ3v) is 13.5. The van der Waals surface area contributed by atoms with Crippen LogP contribution in [0.4, 0.5) is 28.9 Å². The Morgan fingerprint density at radius 1 is 1.04 bits per heavy atom. The Labute approximate surface area is 302 Å². The van der Waals surface area contributed by atoms with Crippen LogP contribution in [0.2, 0.25) is 0 Å². The standard InChI is InChI=1S/C38H41F4IN4O3/c39-25-4-8-45(18-25)20-36(6-7-36)21-50-32-12-30(47-16-22-13-37(14-22)15-24(17-47)34(37)35(49)38(40,41)42)27-5-9-46(19-29(27)44-32)31-11-26(48)10-23-2-1-3-28(43)33(23)31/h1-3,10-12,22,24-25,34,48H,4-9,13-21H2. The highest BCUT2D eigenvalue weighted by Crippen LogP contribution is 2.67. The second-order valence-electron chi connectivity index (χ2n) is 16.1. The highest BCUT2D eigenvalue weighted by atomic mass is 127. The second-order valence-corrected chi connectivity index (χ2v) is 17.3. The van der Waals surface area contributed by atoms with Crippen molar-refractivity contribution in [3.05, 3.63) is 51.2 Å². The molecule has 9 aliphatic rings. The number of nitrogens with zero attached hydrogens (tertiary/aromatic N) is 4. The minimum Gasteiger partial charge on any atom is -0.508 e. The molecule has 5 saturated heterocycles. The number of fused-ring (bicyclic) bond motifs is 2. The van der Waals surface area contributed by atoms with Crippen LogP contribution in [-0.2, 0) is 17.8 Å². The monoisotopic (exact) mass is 804 g/mol. The van der Waals surface area contributed by atoms with Gasteiger partial charge in [0.25, 0.3) is 0 Å². The molecule has 12 rings (SSSR count). The van der Waals surface area contributed by atoms with Crippen molar-refractivity contribution in [2.24, 2.45) is 28.6 Å². The zero-order valence-electron chi connectivity index (χ0n) is 27.8. The first kappa shape index (κ1) is 33.0. The summed E-state index contributed by atoms with van der Waals surface area (Å²) in [6.45, 7) is 4.82. The Kier molecular flexibility index (Phi) is 7.81. The van der Waals surface area contributed by atoms with Gasteiger partial charge in [-0.25, -0.2) is 9.37 Å². The topological polar surface area (TPSA) is 69.1 Å². The molecule has 3 aromatic rings. The molecular formula is C38H41F4IN4O3. The van der Waals surface area contributed by atoms with Crippen molar-refractivity contribution in [1.29, 1.82) is 0 Å². The normalized spacial score (nSPS) is 29.9. The fourth-order valence-corrected chi connectivity index (χ4v) is 11.1. The molecule has 3 bridgehead atoms. The summed E-state index contributed by atoms with van der Waals surface area (Å²) in [6.07, 6.45) is -0.322. The number of phenols is 1. The smallest absolute Gasteiger partial charge is 0.450 e. The molecular weight excluding hydrogens is 763 g/mol. The number of halogens is 5. The predicted octanol–water partition coefficient (Wildman–Crippen LogP) is 7.29. The summed E-state index contributed by atoms with van der Waals surface area (Å²) in [4.78, 5) is 24.5. The molecule has 6 aliphatic heterocycles. The van der Waals surface area contributed by atoms with E-state index in [4.69, 9.17) is 9.72 Å². The maximum atomic E-state index is 13.9. The average Bonchev–Trinajstić information content (AvgIpc) is 3.66. The second kappa shape index (κ2) is 11.8. The quantitative estimate of drug-likeness (QED) is 0.190. The number of carbonyl (C=O) groups is 1. The lowest BCUT2D eigenvalue weighted by Gasteiger charge is -2.66. The Balaban J connectivity index is 1.05. The lowest BCUT2D eigenvalue weighted by atomic mass is 9.40. The van der Waals surface area contributed by atoms with Gasteiger partial charge in [0.05, 0.1) is 18.8 Å². The predicted molar refractivity (Wildman–Crippen MR) is 190 cm³/mol. The number of hydrogen-bond donors (Lipinski definition) is 1. The summed E-state index contributed by atoms with van der Waals surface area (Å²) in [6, 6.07) is 11.6. The highest BCUT2D eigenvalue weighted by Gasteiger charge is 2.67. The van der Waals surface area contributed by atoms with Crippen molar-refractivity contribution in [3.8, 4) is 11.6 Å². The number of carbonyl (C=O) groups excluding carboxylic acids is 1. The van der Waals surface area contributed by atoms with Gasteiger partial charge >= 0.3 is 6.18 Å². The van der Waals surface area contributed by atoms with Gasteiger partial charge in [-0.3, -0.25) is 9.69 Å². The van der Waals surface area contributed by atoms with Crippen molar-refractivity contribution < 1.29 is 32.2 Å². The van der Waals surface area contributed by atoms with Gasteiger partial charge in [-0.15, -0.1) is 0 Å². The molecule has 1 N–H and O–H groups in total. The van der Waals surface area contributed by atoms with Crippen LogP contribution in [0.3, 0.4) is 0 Å². The minimum absolute atomic E-state index is 0.0299. The highest BCUT2D eigenvalue weighted by molar-refractivity contribution is 14.1. The summed E-state index contributed by atoms with van der Waals surface area (Å²) in [5.74, 6) is -1.93. The van der Waals surface area contributed by atoms with E-state index in [0.29, 0.717) is 70.8 Å².